The molecular formula is C20H31KO5. The van der Waals surface area contributed by atoms with Crippen LogP contribution >= 0.6 is 0 Å². The number of carbonyl (C=O) groups is 1. The van der Waals surface area contributed by atoms with Crippen molar-refractivity contribution in [1.29, 1.82) is 0 Å². The largest absolute Gasteiger partial charge is 1.00 e. The SMILES string of the molecule is C=C1CC[C@@H]2[C@](C)(CO)[C@H](O)CC[C@@]2(C)[C@@H]1CCC1=C(O)COC1=O.[H-].[K+]. The van der Waals surface area contributed by atoms with E-state index in [1.807, 2.05) is 6.92 Å². The summed E-state index contributed by atoms with van der Waals surface area (Å²) in [5.74, 6) is 0.0490. The summed E-state index contributed by atoms with van der Waals surface area (Å²) in [6, 6.07) is 0. The van der Waals surface area contributed by atoms with Gasteiger partial charge in [0.2, 0.25) is 0 Å². The molecule has 0 aromatic rings. The van der Waals surface area contributed by atoms with E-state index in [0.29, 0.717) is 18.4 Å². The van der Waals surface area contributed by atoms with Crippen LogP contribution in [-0.2, 0) is 9.53 Å². The van der Waals surface area contributed by atoms with Crippen molar-refractivity contribution in [2.24, 2.45) is 22.7 Å². The summed E-state index contributed by atoms with van der Waals surface area (Å²) in [4.78, 5) is 11.8. The smallest absolute Gasteiger partial charge is 1.00 e. The molecule has 6 heteroatoms. The van der Waals surface area contributed by atoms with Crippen molar-refractivity contribution in [3.8, 4) is 0 Å². The Kier molecular flexibility index (Phi) is 7.26. The minimum Gasteiger partial charge on any atom is -1.00 e. The van der Waals surface area contributed by atoms with Crippen molar-refractivity contribution >= 4 is 5.97 Å². The maximum atomic E-state index is 11.8. The Morgan fingerprint density at radius 2 is 2.04 bits per heavy atom. The third-order valence-corrected chi connectivity index (χ3v) is 7.31. The van der Waals surface area contributed by atoms with Crippen LogP contribution in [0.1, 0.15) is 53.8 Å². The summed E-state index contributed by atoms with van der Waals surface area (Å²) in [7, 11) is 0. The van der Waals surface area contributed by atoms with Crippen LogP contribution in [0.3, 0.4) is 0 Å². The van der Waals surface area contributed by atoms with Gasteiger partial charge in [-0.15, -0.1) is 0 Å². The fraction of sp³-hybridized carbons (Fsp3) is 0.750. The molecule has 142 valence electrons. The molecule has 26 heavy (non-hydrogen) atoms. The zero-order chi connectivity index (χ0) is 18.4. The van der Waals surface area contributed by atoms with Gasteiger partial charge < -0.3 is 21.5 Å². The van der Waals surface area contributed by atoms with Crippen LogP contribution < -0.4 is 51.4 Å². The second-order valence-corrected chi connectivity index (χ2v) is 8.57. The third-order valence-electron chi connectivity index (χ3n) is 7.31. The van der Waals surface area contributed by atoms with Gasteiger partial charge in [0.15, 0.2) is 0 Å². The van der Waals surface area contributed by atoms with Gasteiger partial charge in [0.05, 0.1) is 18.3 Å². The van der Waals surface area contributed by atoms with Crippen LogP contribution in [0.25, 0.3) is 0 Å². The van der Waals surface area contributed by atoms with Gasteiger partial charge in [-0.05, 0) is 55.8 Å². The predicted octanol–water partition coefficient (Wildman–Crippen LogP) is -0.00600. The van der Waals surface area contributed by atoms with E-state index >= 15 is 0 Å². The monoisotopic (exact) mass is 390 g/mol. The number of allylic oxidation sites excluding steroid dienone is 1. The molecule has 1 aliphatic heterocycles. The molecule has 3 aliphatic rings. The predicted molar refractivity (Wildman–Crippen MR) is 94.9 cm³/mol. The van der Waals surface area contributed by atoms with E-state index in [4.69, 9.17) is 4.74 Å². The standard InChI is InChI=1S/C20H30O5.K.H/c1-12-4-7-16-19(2,9-8-17(23)20(16,3)11-21)14(12)6-5-13-15(22)10-25-18(13)24;;/h14,16-17,21-23H,1,4-11H2,2-3H3;;/q;+1;-1/t14-,16+,17-,19+,20+;;/m1../s1. The molecule has 2 fully saturated rings. The van der Waals surface area contributed by atoms with Crippen molar-refractivity contribution in [1.82, 2.24) is 0 Å². The molecule has 2 aliphatic carbocycles. The number of aliphatic hydroxyl groups is 3. The average molecular weight is 391 g/mol. The Morgan fingerprint density at radius 3 is 2.62 bits per heavy atom. The summed E-state index contributed by atoms with van der Waals surface area (Å²) in [5.41, 5.74) is 1.01. The quantitative estimate of drug-likeness (QED) is 0.357. The Balaban J connectivity index is 0.00000182. The van der Waals surface area contributed by atoms with Crippen LogP contribution in [-0.4, -0.2) is 40.6 Å². The van der Waals surface area contributed by atoms with Gasteiger partial charge in [0, 0.05) is 5.41 Å². The molecule has 0 saturated heterocycles. The van der Waals surface area contributed by atoms with E-state index in [9.17, 15) is 20.1 Å². The summed E-state index contributed by atoms with van der Waals surface area (Å²) in [6.07, 6.45) is 4.09. The summed E-state index contributed by atoms with van der Waals surface area (Å²) in [5, 5.41) is 30.4. The van der Waals surface area contributed by atoms with Crippen molar-refractivity contribution in [3.63, 3.8) is 0 Å². The topological polar surface area (TPSA) is 87.0 Å². The van der Waals surface area contributed by atoms with E-state index in [1.54, 1.807) is 0 Å². The second-order valence-electron chi connectivity index (χ2n) is 8.57. The molecule has 3 N–H and O–H groups in total. The van der Waals surface area contributed by atoms with Crippen LogP contribution in [0.4, 0.5) is 0 Å². The first-order valence-corrected chi connectivity index (χ1v) is 9.28. The van der Waals surface area contributed by atoms with Gasteiger partial charge in [0.1, 0.15) is 12.4 Å². The van der Waals surface area contributed by atoms with Gasteiger partial charge in [-0.25, -0.2) is 4.79 Å². The van der Waals surface area contributed by atoms with E-state index < -0.39 is 17.5 Å². The van der Waals surface area contributed by atoms with Crippen molar-refractivity contribution in [2.75, 3.05) is 13.2 Å². The maximum Gasteiger partial charge on any atom is 1.00 e. The first-order valence-electron chi connectivity index (χ1n) is 9.28. The number of hydrogen-bond acceptors (Lipinski definition) is 5. The zero-order valence-corrected chi connectivity index (χ0v) is 19.4. The van der Waals surface area contributed by atoms with E-state index in [1.165, 1.54) is 5.57 Å². The minimum atomic E-state index is -0.500. The number of hydrogen-bond donors (Lipinski definition) is 3. The van der Waals surface area contributed by atoms with Crippen LogP contribution in [0.2, 0.25) is 0 Å². The Labute approximate surface area is 199 Å². The van der Waals surface area contributed by atoms with E-state index in [2.05, 4.69) is 13.5 Å². The van der Waals surface area contributed by atoms with E-state index in [0.717, 1.165) is 25.7 Å². The Bertz CT molecular complexity index is 621. The van der Waals surface area contributed by atoms with Gasteiger partial charge in [-0.2, -0.15) is 0 Å². The van der Waals surface area contributed by atoms with Gasteiger partial charge in [-0.1, -0.05) is 26.0 Å². The van der Waals surface area contributed by atoms with Crippen molar-refractivity contribution in [3.05, 3.63) is 23.5 Å². The van der Waals surface area contributed by atoms with Gasteiger partial charge in [0.25, 0.3) is 0 Å². The summed E-state index contributed by atoms with van der Waals surface area (Å²) >= 11 is 0. The summed E-state index contributed by atoms with van der Waals surface area (Å²) < 4.78 is 4.89. The number of rotatable bonds is 4. The normalized spacial score (nSPS) is 40.1. The van der Waals surface area contributed by atoms with E-state index in [-0.39, 0.29) is 89.0 Å². The number of esters is 1. The number of carbonyl (C=O) groups excluding carboxylic acids is 1. The molecule has 0 aromatic carbocycles. The molecule has 0 radical (unpaired) electrons. The summed E-state index contributed by atoms with van der Waals surface area (Å²) in [6.45, 7) is 8.48. The molecule has 0 aromatic heterocycles. The number of aliphatic hydroxyl groups excluding tert-OH is 3. The first-order chi connectivity index (χ1) is 11.7. The third kappa shape index (κ3) is 3.63. The number of fused-ring (bicyclic) bond motifs is 1. The Morgan fingerprint density at radius 1 is 1.35 bits per heavy atom. The fourth-order valence-electron chi connectivity index (χ4n) is 5.69. The zero-order valence-electron chi connectivity index (χ0n) is 17.3. The van der Waals surface area contributed by atoms with Crippen molar-refractivity contribution in [2.45, 2.75) is 58.5 Å². The molecular weight excluding hydrogens is 359 g/mol. The van der Waals surface area contributed by atoms with Gasteiger partial charge >= 0.3 is 57.4 Å². The molecule has 2 saturated carbocycles. The molecule has 0 unspecified atom stereocenters. The molecule has 3 rings (SSSR count). The Hall–Kier alpha value is 0.306. The fourth-order valence-corrected chi connectivity index (χ4v) is 5.69. The number of cyclic esters (lactones) is 1. The van der Waals surface area contributed by atoms with Crippen LogP contribution in [0.15, 0.2) is 23.5 Å². The first kappa shape index (κ1) is 22.6. The molecule has 0 amide bonds. The van der Waals surface area contributed by atoms with Crippen LogP contribution in [0, 0.1) is 22.7 Å². The second kappa shape index (κ2) is 8.35. The molecule has 5 atom stereocenters. The van der Waals surface area contributed by atoms with Gasteiger partial charge in [-0.3, -0.25) is 0 Å². The molecule has 0 spiro atoms. The molecule has 5 nitrogen and oxygen atoms in total. The number of ether oxygens (including phenoxy) is 1. The van der Waals surface area contributed by atoms with Crippen molar-refractivity contribution < 1.29 is 77.7 Å². The molecule has 0 bridgehead atoms. The molecule has 1 heterocycles. The maximum absolute atomic E-state index is 11.8. The minimum absolute atomic E-state index is 0. The average Bonchev–Trinajstić information content (AvgIpc) is 2.89. The van der Waals surface area contributed by atoms with Crippen LogP contribution in [0.5, 0.6) is 0 Å².